The number of nitrogens with one attached hydrogen (secondary N) is 1. The van der Waals surface area contributed by atoms with E-state index < -0.39 is 0 Å². The van der Waals surface area contributed by atoms with Gasteiger partial charge in [0.2, 0.25) is 5.88 Å². The summed E-state index contributed by atoms with van der Waals surface area (Å²) in [5.41, 5.74) is 1.60. The number of carbonyl (C=O) groups is 1. The Hall–Kier alpha value is -2.89. The molecular formula is C18H18N4O2. The van der Waals surface area contributed by atoms with Crippen LogP contribution in [0.1, 0.15) is 23.3 Å². The van der Waals surface area contributed by atoms with Crippen molar-refractivity contribution in [2.75, 3.05) is 13.1 Å². The lowest BCUT2D eigenvalue weighted by molar-refractivity contribution is 0.0521. The first-order valence-electron chi connectivity index (χ1n) is 8.11. The maximum atomic E-state index is 12.8. The number of aromatic nitrogens is 3. The van der Waals surface area contributed by atoms with Gasteiger partial charge in [-0.2, -0.15) is 5.10 Å². The third-order valence-corrected chi connectivity index (χ3v) is 4.26. The molecule has 3 heterocycles. The predicted octanol–water partition coefficient (Wildman–Crippen LogP) is 2.64. The predicted molar refractivity (Wildman–Crippen MR) is 89.9 cm³/mol. The van der Waals surface area contributed by atoms with Gasteiger partial charge in [0.25, 0.3) is 5.91 Å². The third kappa shape index (κ3) is 2.95. The van der Waals surface area contributed by atoms with Crippen molar-refractivity contribution in [2.24, 2.45) is 0 Å². The fourth-order valence-corrected chi connectivity index (χ4v) is 3.10. The molecule has 122 valence electrons. The van der Waals surface area contributed by atoms with Crippen LogP contribution in [-0.4, -0.2) is 45.2 Å². The van der Waals surface area contributed by atoms with Crippen molar-refractivity contribution in [1.82, 2.24) is 20.1 Å². The SMILES string of the molecule is O=C(c1cc2ccccc2[nH]1)N1CCC[C@H](Oc2cccnn2)C1. The number of likely N-dealkylation sites (tertiary alicyclic amines) is 1. The summed E-state index contributed by atoms with van der Waals surface area (Å²) in [6.07, 6.45) is 3.38. The molecule has 1 fully saturated rings. The van der Waals surface area contributed by atoms with Crippen molar-refractivity contribution in [3.05, 3.63) is 54.4 Å². The van der Waals surface area contributed by atoms with E-state index in [1.807, 2.05) is 35.2 Å². The Bertz CT molecular complexity index is 813. The maximum absolute atomic E-state index is 12.8. The molecule has 0 unspecified atom stereocenters. The summed E-state index contributed by atoms with van der Waals surface area (Å²) >= 11 is 0. The molecule has 0 bridgehead atoms. The van der Waals surface area contributed by atoms with Crippen LogP contribution >= 0.6 is 0 Å². The van der Waals surface area contributed by atoms with E-state index in [1.54, 1.807) is 18.3 Å². The van der Waals surface area contributed by atoms with E-state index >= 15 is 0 Å². The van der Waals surface area contributed by atoms with Gasteiger partial charge >= 0.3 is 0 Å². The number of hydrogen-bond acceptors (Lipinski definition) is 4. The topological polar surface area (TPSA) is 71.1 Å². The highest BCUT2D eigenvalue weighted by atomic mass is 16.5. The van der Waals surface area contributed by atoms with E-state index in [2.05, 4.69) is 15.2 Å². The number of rotatable bonds is 3. The first-order chi connectivity index (χ1) is 11.8. The van der Waals surface area contributed by atoms with Crippen molar-refractivity contribution in [3.8, 4) is 5.88 Å². The number of piperidine rings is 1. The fourth-order valence-electron chi connectivity index (χ4n) is 3.10. The molecule has 1 aliphatic heterocycles. The van der Waals surface area contributed by atoms with E-state index in [4.69, 9.17) is 4.74 Å². The normalized spacial score (nSPS) is 17.8. The number of ether oxygens (including phenoxy) is 1. The van der Waals surface area contributed by atoms with Gasteiger partial charge in [0, 0.05) is 29.7 Å². The first-order valence-corrected chi connectivity index (χ1v) is 8.11. The number of aromatic amines is 1. The van der Waals surface area contributed by atoms with Gasteiger partial charge < -0.3 is 14.6 Å². The van der Waals surface area contributed by atoms with Gasteiger partial charge in [-0.15, -0.1) is 5.10 Å². The molecule has 0 saturated carbocycles. The Balaban J connectivity index is 1.48. The zero-order valence-electron chi connectivity index (χ0n) is 13.2. The Morgan fingerprint density at radius 1 is 1.25 bits per heavy atom. The van der Waals surface area contributed by atoms with Gasteiger partial charge in [0.15, 0.2) is 0 Å². The number of benzene rings is 1. The summed E-state index contributed by atoms with van der Waals surface area (Å²) in [7, 11) is 0. The summed E-state index contributed by atoms with van der Waals surface area (Å²) in [6, 6.07) is 13.4. The Kier molecular flexibility index (Phi) is 3.86. The molecule has 3 aromatic rings. The molecule has 1 aliphatic rings. The maximum Gasteiger partial charge on any atom is 0.270 e. The molecule has 1 amide bonds. The molecule has 1 aromatic carbocycles. The summed E-state index contributed by atoms with van der Waals surface area (Å²) in [4.78, 5) is 17.8. The Morgan fingerprint density at radius 2 is 2.17 bits per heavy atom. The highest BCUT2D eigenvalue weighted by Gasteiger charge is 2.26. The zero-order chi connectivity index (χ0) is 16.4. The molecule has 0 aliphatic carbocycles. The van der Waals surface area contributed by atoms with Gasteiger partial charge in [-0.05, 0) is 31.0 Å². The Morgan fingerprint density at radius 3 is 3.00 bits per heavy atom. The molecular weight excluding hydrogens is 304 g/mol. The van der Waals surface area contributed by atoms with Gasteiger partial charge in [-0.1, -0.05) is 18.2 Å². The van der Waals surface area contributed by atoms with Crippen LogP contribution in [0.4, 0.5) is 0 Å². The summed E-state index contributed by atoms with van der Waals surface area (Å²) in [5.74, 6) is 0.515. The highest BCUT2D eigenvalue weighted by molar-refractivity contribution is 5.98. The van der Waals surface area contributed by atoms with E-state index in [1.165, 1.54) is 0 Å². The van der Waals surface area contributed by atoms with Gasteiger partial charge in [0.1, 0.15) is 11.8 Å². The number of nitrogens with zero attached hydrogens (tertiary/aromatic N) is 3. The van der Waals surface area contributed by atoms with E-state index in [9.17, 15) is 4.79 Å². The number of para-hydroxylation sites is 1. The van der Waals surface area contributed by atoms with Crippen LogP contribution in [0.25, 0.3) is 10.9 Å². The monoisotopic (exact) mass is 322 g/mol. The zero-order valence-corrected chi connectivity index (χ0v) is 13.2. The van der Waals surface area contributed by atoms with E-state index in [0.29, 0.717) is 18.1 Å². The molecule has 4 rings (SSSR count). The molecule has 0 spiro atoms. The third-order valence-electron chi connectivity index (χ3n) is 4.26. The van der Waals surface area contributed by atoms with Crippen molar-refractivity contribution in [2.45, 2.75) is 18.9 Å². The number of hydrogen-bond donors (Lipinski definition) is 1. The minimum Gasteiger partial charge on any atom is -0.471 e. The van der Waals surface area contributed by atoms with Crippen LogP contribution in [-0.2, 0) is 0 Å². The largest absolute Gasteiger partial charge is 0.471 e. The molecule has 1 atom stereocenters. The van der Waals surface area contributed by atoms with Crippen molar-refractivity contribution in [3.63, 3.8) is 0 Å². The van der Waals surface area contributed by atoms with Crippen LogP contribution in [0, 0.1) is 0 Å². The number of fused-ring (bicyclic) bond motifs is 1. The summed E-state index contributed by atoms with van der Waals surface area (Å²) in [5, 5.41) is 8.81. The molecule has 24 heavy (non-hydrogen) atoms. The van der Waals surface area contributed by atoms with Crippen molar-refractivity contribution in [1.29, 1.82) is 0 Å². The second-order valence-electron chi connectivity index (χ2n) is 5.97. The summed E-state index contributed by atoms with van der Waals surface area (Å²) in [6.45, 7) is 1.30. The van der Waals surface area contributed by atoms with Crippen LogP contribution in [0.5, 0.6) is 5.88 Å². The van der Waals surface area contributed by atoms with Gasteiger partial charge in [0.05, 0.1) is 6.54 Å². The molecule has 1 N–H and O–H groups in total. The lowest BCUT2D eigenvalue weighted by atomic mass is 10.1. The number of H-pyrrole nitrogens is 1. The standard InChI is InChI=1S/C18H18N4O2/c23-18(16-11-13-5-1-2-7-15(13)20-16)22-10-4-6-14(12-22)24-17-8-3-9-19-21-17/h1-3,5,7-9,11,14,20H,4,6,10,12H2/t14-/m0/s1. The Labute approximate surface area is 139 Å². The lowest BCUT2D eigenvalue weighted by Crippen LogP contribution is -2.44. The smallest absolute Gasteiger partial charge is 0.270 e. The average molecular weight is 322 g/mol. The van der Waals surface area contributed by atoms with Gasteiger partial charge in [-0.3, -0.25) is 4.79 Å². The highest BCUT2D eigenvalue weighted by Crippen LogP contribution is 2.20. The van der Waals surface area contributed by atoms with Gasteiger partial charge in [-0.25, -0.2) is 0 Å². The molecule has 1 saturated heterocycles. The van der Waals surface area contributed by atoms with Crippen LogP contribution in [0.2, 0.25) is 0 Å². The van der Waals surface area contributed by atoms with Crippen LogP contribution in [0.3, 0.4) is 0 Å². The summed E-state index contributed by atoms with van der Waals surface area (Å²) < 4.78 is 5.85. The minimum atomic E-state index is -0.0521. The molecule has 6 nitrogen and oxygen atoms in total. The molecule has 2 aromatic heterocycles. The number of carbonyl (C=O) groups excluding carboxylic acids is 1. The lowest BCUT2D eigenvalue weighted by Gasteiger charge is -2.32. The quantitative estimate of drug-likeness (QED) is 0.805. The van der Waals surface area contributed by atoms with Crippen molar-refractivity contribution < 1.29 is 9.53 Å². The van der Waals surface area contributed by atoms with E-state index in [-0.39, 0.29) is 12.0 Å². The minimum absolute atomic E-state index is 0.0126. The van der Waals surface area contributed by atoms with E-state index in [0.717, 1.165) is 30.3 Å². The number of amides is 1. The second-order valence-corrected chi connectivity index (χ2v) is 5.97. The molecule has 0 radical (unpaired) electrons. The average Bonchev–Trinajstić information content (AvgIpc) is 3.06. The fraction of sp³-hybridized carbons (Fsp3) is 0.278. The first kappa shape index (κ1) is 14.7. The second kappa shape index (κ2) is 6.31. The molecule has 6 heteroatoms. The van der Waals surface area contributed by atoms with Crippen LogP contribution in [0.15, 0.2) is 48.7 Å². The van der Waals surface area contributed by atoms with Crippen LogP contribution < -0.4 is 4.74 Å². The van der Waals surface area contributed by atoms with Crippen molar-refractivity contribution >= 4 is 16.8 Å².